The Morgan fingerprint density at radius 3 is 2.91 bits per heavy atom. The Hall–Kier alpha value is -1.99. The second-order valence-corrected chi connectivity index (χ2v) is 5.90. The first-order chi connectivity index (χ1) is 11.2. The van der Waals surface area contributed by atoms with Gasteiger partial charge in [0.05, 0.1) is 12.6 Å². The molecule has 0 aliphatic carbocycles. The van der Waals surface area contributed by atoms with Crippen molar-refractivity contribution in [2.24, 2.45) is 0 Å². The maximum absolute atomic E-state index is 12.9. The van der Waals surface area contributed by atoms with Gasteiger partial charge in [0.15, 0.2) is 10.9 Å². The van der Waals surface area contributed by atoms with Crippen LogP contribution in [-0.4, -0.2) is 34.1 Å². The summed E-state index contributed by atoms with van der Waals surface area (Å²) < 4.78 is 20.2. The van der Waals surface area contributed by atoms with Crippen molar-refractivity contribution < 1.29 is 9.13 Å². The summed E-state index contributed by atoms with van der Waals surface area (Å²) in [5.74, 6) is 0.441. The van der Waals surface area contributed by atoms with E-state index < -0.39 is 0 Å². The molecule has 2 N–H and O–H groups in total. The average Bonchev–Trinajstić information content (AvgIpc) is 3.20. The summed E-state index contributed by atoms with van der Waals surface area (Å²) in [7, 11) is 0. The van der Waals surface area contributed by atoms with Crippen LogP contribution in [0, 0.1) is 5.82 Å². The Bertz CT molecular complexity index is 652. The lowest BCUT2D eigenvalue weighted by Gasteiger charge is -2.12. The molecule has 5 nitrogen and oxygen atoms in total. The fraction of sp³-hybridized carbons (Fsp3) is 0.375. The van der Waals surface area contributed by atoms with Gasteiger partial charge in [0.1, 0.15) is 5.82 Å². The number of rotatable bonds is 5. The second-order valence-electron chi connectivity index (χ2n) is 5.50. The molecule has 1 aliphatic heterocycles. The van der Waals surface area contributed by atoms with Gasteiger partial charge in [-0.2, -0.15) is 5.10 Å². The largest absolute Gasteiger partial charge is 0.376 e. The third-order valence-corrected chi connectivity index (χ3v) is 3.90. The van der Waals surface area contributed by atoms with Crippen LogP contribution in [0.5, 0.6) is 0 Å². The monoisotopic (exact) mass is 334 g/mol. The van der Waals surface area contributed by atoms with E-state index >= 15 is 0 Å². The van der Waals surface area contributed by atoms with Crippen LogP contribution >= 0.6 is 12.2 Å². The topological polar surface area (TPSA) is 51.1 Å². The van der Waals surface area contributed by atoms with Crippen LogP contribution in [0.4, 0.5) is 10.2 Å². The van der Waals surface area contributed by atoms with Crippen LogP contribution in [0.1, 0.15) is 18.4 Å². The molecule has 1 aromatic heterocycles. The van der Waals surface area contributed by atoms with Crippen molar-refractivity contribution in [3.05, 3.63) is 47.9 Å². The standard InChI is InChI=1S/C16H19FN4OS/c17-13-5-3-12(4-6-13)11-21-8-7-15(20-21)19-16(23)18-10-14-2-1-9-22-14/h3-8,14H,1-2,9-11H2,(H2,18,19,20,23). The molecule has 0 spiro atoms. The van der Waals surface area contributed by atoms with E-state index in [0.29, 0.717) is 24.0 Å². The van der Waals surface area contributed by atoms with Gasteiger partial charge in [0, 0.05) is 25.4 Å². The van der Waals surface area contributed by atoms with E-state index in [1.165, 1.54) is 12.1 Å². The van der Waals surface area contributed by atoms with E-state index in [2.05, 4.69) is 15.7 Å². The SMILES string of the molecule is Fc1ccc(Cn2ccc(NC(=S)NCC3CCCO3)n2)cc1. The molecule has 23 heavy (non-hydrogen) atoms. The van der Waals surface area contributed by atoms with E-state index in [1.54, 1.807) is 16.8 Å². The lowest BCUT2D eigenvalue weighted by molar-refractivity contribution is 0.114. The third kappa shape index (κ3) is 4.74. The molecule has 2 heterocycles. The molecule has 122 valence electrons. The van der Waals surface area contributed by atoms with Crippen LogP contribution in [0.25, 0.3) is 0 Å². The highest BCUT2D eigenvalue weighted by Gasteiger charge is 2.15. The normalized spacial score (nSPS) is 17.2. The fourth-order valence-electron chi connectivity index (χ4n) is 2.47. The smallest absolute Gasteiger partial charge is 0.172 e. The molecule has 7 heteroatoms. The number of thiocarbonyl (C=S) groups is 1. The molecule has 0 saturated carbocycles. The van der Waals surface area contributed by atoms with E-state index in [1.807, 2.05) is 12.3 Å². The van der Waals surface area contributed by atoms with Gasteiger partial charge in [-0.15, -0.1) is 0 Å². The van der Waals surface area contributed by atoms with Crippen LogP contribution in [0.2, 0.25) is 0 Å². The molecule has 0 amide bonds. The number of hydrogen-bond donors (Lipinski definition) is 2. The van der Waals surface area contributed by atoms with Gasteiger partial charge < -0.3 is 15.4 Å². The van der Waals surface area contributed by atoms with E-state index in [-0.39, 0.29) is 11.9 Å². The first kappa shape index (κ1) is 15.9. The van der Waals surface area contributed by atoms with Crippen LogP contribution in [-0.2, 0) is 11.3 Å². The first-order valence-corrected chi connectivity index (χ1v) is 8.04. The van der Waals surface area contributed by atoms with Gasteiger partial charge in [-0.25, -0.2) is 4.39 Å². The van der Waals surface area contributed by atoms with Gasteiger partial charge >= 0.3 is 0 Å². The molecule has 0 radical (unpaired) electrons. The Balaban J connectivity index is 1.48. The summed E-state index contributed by atoms with van der Waals surface area (Å²) in [6.07, 6.45) is 4.28. The molecule has 1 atom stereocenters. The molecule has 1 fully saturated rings. The Kier molecular flexibility index (Phi) is 5.19. The lowest BCUT2D eigenvalue weighted by Crippen LogP contribution is -2.34. The zero-order valence-electron chi connectivity index (χ0n) is 12.7. The van der Waals surface area contributed by atoms with Crippen molar-refractivity contribution in [3.63, 3.8) is 0 Å². The average molecular weight is 334 g/mol. The predicted molar refractivity (Wildman–Crippen MR) is 90.9 cm³/mol. The zero-order valence-corrected chi connectivity index (χ0v) is 13.5. The van der Waals surface area contributed by atoms with Crippen molar-refractivity contribution in [2.75, 3.05) is 18.5 Å². The van der Waals surface area contributed by atoms with E-state index in [4.69, 9.17) is 17.0 Å². The summed E-state index contributed by atoms with van der Waals surface area (Å²) in [6.45, 7) is 2.13. The second kappa shape index (κ2) is 7.52. The summed E-state index contributed by atoms with van der Waals surface area (Å²) in [5, 5.41) is 11.1. The number of halogens is 1. The molecule has 1 saturated heterocycles. The number of nitrogens with one attached hydrogen (secondary N) is 2. The minimum Gasteiger partial charge on any atom is -0.376 e. The summed E-state index contributed by atoms with van der Waals surface area (Å²) in [4.78, 5) is 0. The fourth-order valence-corrected chi connectivity index (χ4v) is 2.65. The number of benzene rings is 1. The van der Waals surface area contributed by atoms with Crippen LogP contribution in [0.3, 0.4) is 0 Å². The number of nitrogens with zero attached hydrogens (tertiary/aromatic N) is 2. The molecule has 0 bridgehead atoms. The highest BCUT2D eigenvalue weighted by molar-refractivity contribution is 7.80. The van der Waals surface area contributed by atoms with Crippen LogP contribution < -0.4 is 10.6 Å². The number of hydrogen-bond acceptors (Lipinski definition) is 3. The summed E-state index contributed by atoms with van der Waals surface area (Å²) >= 11 is 5.26. The first-order valence-electron chi connectivity index (χ1n) is 7.63. The molecular formula is C16H19FN4OS. The predicted octanol–water partition coefficient (Wildman–Crippen LogP) is 2.54. The Morgan fingerprint density at radius 2 is 2.17 bits per heavy atom. The van der Waals surface area contributed by atoms with Gasteiger partial charge in [0.25, 0.3) is 0 Å². The Labute approximate surface area is 139 Å². The van der Waals surface area contributed by atoms with Crippen molar-refractivity contribution in [1.82, 2.24) is 15.1 Å². The quantitative estimate of drug-likeness (QED) is 0.823. The highest BCUT2D eigenvalue weighted by atomic mass is 32.1. The molecule has 2 aromatic rings. The highest BCUT2D eigenvalue weighted by Crippen LogP contribution is 2.11. The van der Waals surface area contributed by atoms with Crippen molar-refractivity contribution in [2.45, 2.75) is 25.5 Å². The van der Waals surface area contributed by atoms with Gasteiger partial charge in [-0.05, 0) is 42.8 Å². The minimum atomic E-state index is -0.237. The summed E-state index contributed by atoms with van der Waals surface area (Å²) in [5.41, 5.74) is 0.986. The van der Waals surface area contributed by atoms with Gasteiger partial charge in [-0.1, -0.05) is 12.1 Å². The molecular weight excluding hydrogens is 315 g/mol. The zero-order chi connectivity index (χ0) is 16.1. The number of anilines is 1. The maximum Gasteiger partial charge on any atom is 0.172 e. The van der Waals surface area contributed by atoms with E-state index in [9.17, 15) is 4.39 Å². The molecule has 3 rings (SSSR count). The summed E-state index contributed by atoms with van der Waals surface area (Å²) in [6, 6.07) is 8.24. The van der Waals surface area contributed by atoms with Crippen LogP contribution in [0.15, 0.2) is 36.5 Å². The minimum absolute atomic E-state index is 0.237. The number of aromatic nitrogens is 2. The van der Waals surface area contributed by atoms with E-state index in [0.717, 1.165) is 25.0 Å². The lowest BCUT2D eigenvalue weighted by atomic mass is 10.2. The van der Waals surface area contributed by atoms with Crippen molar-refractivity contribution in [1.29, 1.82) is 0 Å². The van der Waals surface area contributed by atoms with Gasteiger partial charge in [0.2, 0.25) is 0 Å². The third-order valence-electron chi connectivity index (χ3n) is 3.65. The number of ether oxygens (including phenoxy) is 1. The molecule has 1 unspecified atom stereocenters. The maximum atomic E-state index is 12.9. The van der Waals surface area contributed by atoms with Crippen molar-refractivity contribution in [3.8, 4) is 0 Å². The Morgan fingerprint density at radius 1 is 1.35 bits per heavy atom. The molecule has 1 aliphatic rings. The van der Waals surface area contributed by atoms with Crippen molar-refractivity contribution >= 4 is 23.1 Å². The molecule has 1 aromatic carbocycles. The van der Waals surface area contributed by atoms with Gasteiger partial charge in [-0.3, -0.25) is 4.68 Å².